The molecule has 5 nitrogen and oxygen atoms in total. The van der Waals surface area contributed by atoms with E-state index in [9.17, 15) is 9.59 Å². The second kappa shape index (κ2) is 7.76. The Hall–Kier alpha value is -2.92. The van der Waals surface area contributed by atoms with Crippen LogP contribution in [0.15, 0.2) is 51.7 Å². The van der Waals surface area contributed by atoms with Crippen molar-refractivity contribution in [2.45, 2.75) is 27.3 Å². The van der Waals surface area contributed by atoms with Gasteiger partial charge in [-0.1, -0.05) is 17.7 Å². The number of anilines is 1. The lowest BCUT2D eigenvalue weighted by Gasteiger charge is -2.15. The summed E-state index contributed by atoms with van der Waals surface area (Å²) in [5.41, 5.74) is 5.29. The first-order valence-electron chi connectivity index (χ1n) is 9.03. The van der Waals surface area contributed by atoms with Crippen LogP contribution < -0.4 is 15.8 Å². The number of rotatable bonds is 5. The average Bonchev–Trinajstić information content (AvgIpc) is 2.58. The number of hydrogen-bond acceptors (Lipinski definition) is 3. The quantitative estimate of drug-likeness (QED) is 0.683. The lowest BCUT2D eigenvalue weighted by Crippen LogP contribution is -3.08. The third-order valence-electron chi connectivity index (χ3n) is 4.73. The summed E-state index contributed by atoms with van der Waals surface area (Å²) in [5, 5.41) is 3.84. The lowest BCUT2D eigenvalue weighted by atomic mass is 10.0. The number of aryl methyl sites for hydroxylation is 3. The van der Waals surface area contributed by atoms with Crippen LogP contribution in [-0.4, -0.2) is 19.5 Å². The Morgan fingerprint density at radius 2 is 1.70 bits per heavy atom. The predicted molar refractivity (Wildman–Crippen MR) is 107 cm³/mol. The molecule has 0 bridgehead atoms. The Morgan fingerprint density at radius 1 is 1.04 bits per heavy atom. The minimum Gasteiger partial charge on any atom is -0.423 e. The van der Waals surface area contributed by atoms with E-state index in [2.05, 4.69) is 5.32 Å². The summed E-state index contributed by atoms with van der Waals surface area (Å²) in [5.74, 6) is -0.0596. The molecule has 3 aromatic rings. The molecule has 0 saturated heterocycles. The van der Waals surface area contributed by atoms with Crippen LogP contribution in [0.5, 0.6) is 0 Å². The van der Waals surface area contributed by atoms with Crippen molar-refractivity contribution in [3.05, 3.63) is 75.1 Å². The van der Waals surface area contributed by atoms with Gasteiger partial charge in [0.05, 0.1) is 7.05 Å². The molecule has 0 aliphatic rings. The summed E-state index contributed by atoms with van der Waals surface area (Å²) < 4.78 is 5.35. The van der Waals surface area contributed by atoms with Crippen LogP contribution in [0.3, 0.4) is 0 Å². The normalized spacial score (nSPS) is 12.1. The van der Waals surface area contributed by atoms with Gasteiger partial charge in [-0.25, -0.2) is 4.79 Å². The number of hydrogen-bond donors (Lipinski definition) is 2. The first kappa shape index (κ1) is 18.9. The molecule has 3 rings (SSSR count). The Bertz CT molecular complexity index is 1040. The van der Waals surface area contributed by atoms with Crippen molar-refractivity contribution < 1.29 is 14.1 Å². The molecule has 1 amide bonds. The number of quaternary nitrogens is 1. The molecule has 2 N–H and O–H groups in total. The summed E-state index contributed by atoms with van der Waals surface area (Å²) in [6.45, 7) is 6.91. The molecule has 5 heteroatoms. The zero-order chi connectivity index (χ0) is 19.6. The van der Waals surface area contributed by atoms with Crippen LogP contribution >= 0.6 is 0 Å². The molecule has 0 saturated carbocycles. The summed E-state index contributed by atoms with van der Waals surface area (Å²) >= 11 is 0. The maximum Gasteiger partial charge on any atom is 0.336 e. The molecule has 1 unspecified atom stereocenters. The molecular weight excluding hydrogens is 340 g/mol. The van der Waals surface area contributed by atoms with Crippen molar-refractivity contribution in [3.8, 4) is 0 Å². The smallest absolute Gasteiger partial charge is 0.336 e. The van der Waals surface area contributed by atoms with Gasteiger partial charge in [0, 0.05) is 22.7 Å². The monoisotopic (exact) mass is 365 g/mol. The average molecular weight is 365 g/mol. The molecular formula is C22H25N2O3+. The second-order valence-corrected chi connectivity index (χ2v) is 7.25. The van der Waals surface area contributed by atoms with Gasteiger partial charge in [-0.05, 0) is 56.2 Å². The zero-order valence-corrected chi connectivity index (χ0v) is 16.2. The van der Waals surface area contributed by atoms with Crippen molar-refractivity contribution in [3.63, 3.8) is 0 Å². The maximum absolute atomic E-state index is 12.3. The number of carbonyl (C=O) groups excluding carboxylic acids is 1. The van der Waals surface area contributed by atoms with Crippen molar-refractivity contribution >= 4 is 22.6 Å². The summed E-state index contributed by atoms with van der Waals surface area (Å²) in [4.78, 5) is 25.2. The summed E-state index contributed by atoms with van der Waals surface area (Å²) in [6.07, 6.45) is 0. The van der Waals surface area contributed by atoms with Gasteiger partial charge < -0.3 is 14.6 Å². The Morgan fingerprint density at radius 3 is 2.41 bits per heavy atom. The standard InChI is InChI=1S/C22H24N2O3/c1-14-5-7-18(8-6-14)23-21(25)13-24(4)12-17-11-22(26)27-20-10-16(3)15(2)9-19(17)20/h5-11H,12-13H2,1-4H3,(H,23,25)/p+1. The van der Waals surface area contributed by atoms with E-state index in [4.69, 9.17) is 4.42 Å². The second-order valence-electron chi connectivity index (χ2n) is 7.25. The number of likely N-dealkylation sites (N-methyl/N-ethyl adjacent to an activating group) is 1. The number of nitrogens with one attached hydrogen (secondary N) is 2. The molecule has 0 aliphatic carbocycles. The number of benzene rings is 2. The fourth-order valence-electron chi connectivity index (χ4n) is 3.13. The third-order valence-corrected chi connectivity index (χ3v) is 4.73. The number of carbonyl (C=O) groups is 1. The van der Waals surface area contributed by atoms with Gasteiger partial charge in [-0.15, -0.1) is 0 Å². The Kier molecular flexibility index (Phi) is 5.42. The van der Waals surface area contributed by atoms with Gasteiger partial charge in [0.15, 0.2) is 6.54 Å². The highest BCUT2D eigenvalue weighted by atomic mass is 16.4. The van der Waals surface area contributed by atoms with E-state index in [-0.39, 0.29) is 11.5 Å². The Labute approximate surface area is 158 Å². The fourth-order valence-corrected chi connectivity index (χ4v) is 3.13. The summed E-state index contributed by atoms with van der Waals surface area (Å²) in [7, 11) is 1.94. The molecule has 2 aromatic carbocycles. The van der Waals surface area contributed by atoms with Crippen LogP contribution in [0.4, 0.5) is 5.69 Å². The highest BCUT2D eigenvalue weighted by molar-refractivity contribution is 5.91. The number of amides is 1. The van der Waals surface area contributed by atoms with Crippen LogP contribution in [0.1, 0.15) is 22.3 Å². The number of fused-ring (bicyclic) bond motifs is 1. The third kappa shape index (κ3) is 4.63. The van der Waals surface area contributed by atoms with Gasteiger partial charge in [-0.3, -0.25) is 4.79 Å². The van der Waals surface area contributed by atoms with Crippen molar-refractivity contribution in [1.29, 1.82) is 0 Å². The molecule has 0 spiro atoms. The molecule has 1 heterocycles. The maximum atomic E-state index is 12.3. The van der Waals surface area contributed by atoms with Gasteiger partial charge in [0.1, 0.15) is 12.1 Å². The van der Waals surface area contributed by atoms with Crippen molar-refractivity contribution in [1.82, 2.24) is 0 Å². The SMILES string of the molecule is Cc1ccc(NC(=O)C[NH+](C)Cc2cc(=O)oc3cc(C)c(C)cc23)cc1. The molecule has 140 valence electrons. The van der Waals surface area contributed by atoms with E-state index in [1.54, 1.807) is 0 Å². The van der Waals surface area contributed by atoms with E-state index in [1.807, 2.05) is 64.2 Å². The first-order valence-corrected chi connectivity index (χ1v) is 9.03. The van der Waals surface area contributed by atoms with Crippen molar-refractivity contribution in [2.75, 3.05) is 18.9 Å². The van der Waals surface area contributed by atoms with Crippen LogP contribution in [-0.2, 0) is 11.3 Å². The first-order chi connectivity index (χ1) is 12.8. The van der Waals surface area contributed by atoms with Gasteiger partial charge in [-0.2, -0.15) is 0 Å². The molecule has 1 aromatic heterocycles. The predicted octanol–water partition coefficient (Wildman–Crippen LogP) is 2.37. The minimum atomic E-state index is -0.363. The molecule has 27 heavy (non-hydrogen) atoms. The van der Waals surface area contributed by atoms with E-state index in [1.165, 1.54) is 6.07 Å². The van der Waals surface area contributed by atoms with Gasteiger partial charge in [0.25, 0.3) is 5.91 Å². The van der Waals surface area contributed by atoms with Crippen LogP contribution in [0.25, 0.3) is 11.0 Å². The highest BCUT2D eigenvalue weighted by Crippen LogP contribution is 2.21. The zero-order valence-electron chi connectivity index (χ0n) is 16.2. The lowest BCUT2D eigenvalue weighted by molar-refractivity contribution is -0.885. The molecule has 0 fully saturated rings. The largest absolute Gasteiger partial charge is 0.423 e. The Balaban J connectivity index is 1.74. The summed E-state index contributed by atoms with van der Waals surface area (Å²) in [6, 6.07) is 13.2. The topological polar surface area (TPSA) is 63.8 Å². The van der Waals surface area contributed by atoms with E-state index in [0.717, 1.165) is 38.2 Å². The minimum absolute atomic E-state index is 0.0596. The molecule has 1 atom stereocenters. The molecule has 0 aliphatic heterocycles. The van der Waals surface area contributed by atoms with E-state index < -0.39 is 0 Å². The van der Waals surface area contributed by atoms with E-state index >= 15 is 0 Å². The van der Waals surface area contributed by atoms with Crippen LogP contribution in [0.2, 0.25) is 0 Å². The van der Waals surface area contributed by atoms with E-state index in [0.29, 0.717) is 18.7 Å². The van der Waals surface area contributed by atoms with Gasteiger partial charge >= 0.3 is 5.63 Å². The van der Waals surface area contributed by atoms with Gasteiger partial charge in [0.2, 0.25) is 0 Å². The molecule has 0 radical (unpaired) electrons. The van der Waals surface area contributed by atoms with Crippen molar-refractivity contribution in [2.24, 2.45) is 0 Å². The fraction of sp³-hybridized carbons (Fsp3) is 0.273. The highest BCUT2D eigenvalue weighted by Gasteiger charge is 2.15. The van der Waals surface area contributed by atoms with Crippen LogP contribution in [0, 0.1) is 20.8 Å².